The molecule has 224 valence electrons. The summed E-state index contributed by atoms with van der Waals surface area (Å²) in [4.78, 5) is 56.2. The van der Waals surface area contributed by atoms with E-state index >= 15 is 0 Å². The predicted octanol–water partition coefficient (Wildman–Crippen LogP) is 4.47. The van der Waals surface area contributed by atoms with Gasteiger partial charge >= 0.3 is 6.09 Å². The van der Waals surface area contributed by atoms with E-state index in [0.29, 0.717) is 10.6 Å². The first-order chi connectivity index (χ1) is 20.4. The molecule has 2 heterocycles. The Kier molecular flexibility index (Phi) is 9.40. The molecule has 0 unspecified atom stereocenters. The number of carbonyl (C=O) groups excluding carboxylic acids is 3. The molecule has 0 aliphatic heterocycles. The number of nitrogens with zero attached hydrogens (tertiary/aromatic N) is 4. The minimum atomic E-state index is -1.04. The average molecular weight is 607 g/mol. The van der Waals surface area contributed by atoms with Crippen molar-refractivity contribution in [1.82, 2.24) is 25.1 Å². The van der Waals surface area contributed by atoms with Crippen molar-refractivity contribution in [2.24, 2.45) is 5.92 Å². The second-order valence-corrected chi connectivity index (χ2v) is 11.0. The Hall–Kier alpha value is -4.84. The number of carbonyl (C=O) groups is 3. The summed E-state index contributed by atoms with van der Waals surface area (Å²) in [5.74, 6) is -1.45. The van der Waals surface area contributed by atoms with Crippen molar-refractivity contribution in [3.05, 3.63) is 93.5 Å². The van der Waals surface area contributed by atoms with Gasteiger partial charge in [0.1, 0.15) is 18.1 Å². The van der Waals surface area contributed by atoms with Crippen LogP contribution in [0.15, 0.2) is 70.0 Å². The first kappa shape index (κ1) is 31.1. The van der Waals surface area contributed by atoms with Crippen LogP contribution in [0, 0.1) is 5.92 Å². The number of ketones is 1. The third-order valence-corrected chi connectivity index (χ3v) is 7.06. The smallest absolute Gasteiger partial charge is 0.411 e. The number of rotatable bonds is 10. The van der Waals surface area contributed by atoms with E-state index in [1.54, 1.807) is 56.3 Å². The number of benzene rings is 2. The first-order valence-electron chi connectivity index (χ1n) is 13.4. The Morgan fingerprint density at radius 1 is 1.05 bits per heavy atom. The second kappa shape index (κ2) is 13.0. The van der Waals surface area contributed by atoms with E-state index in [4.69, 9.17) is 16.0 Å². The van der Waals surface area contributed by atoms with E-state index in [0.717, 1.165) is 17.2 Å². The molecule has 12 nitrogen and oxygen atoms in total. The van der Waals surface area contributed by atoms with Crippen molar-refractivity contribution in [2.45, 2.75) is 45.7 Å². The van der Waals surface area contributed by atoms with Gasteiger partial charge in [-0.3, -0.25) is 24.3 Å². The van der Waals surface area contributed by atoms with Gasteiger partial charge in [0.2, 0.25) is 17.6 Å². The number of methoxy groups -OCH3 is 1. The minimum Gasteiger partial charge on any atom is -0.453 e. The highest BCUT2D eigenvalue weighted by Gasteiger charge is 2.34. The Bertz CT molecular complexity index is 1680. The molecule has 43 heavy (non-hydrogen) atoms. The van der Waals surface area contributed by atoms with Crippen molar-refractivity contribution in [3.63, 3.8) is 0 Å². The zero-order chi connectivity index (χ0) is 31.3. The monoisotopic (exact) mass is 606 g/mol. The predicted molar refractivity (Wildman–Crippen MR) is 159 cm³/mol. The standard InChI is InChI=1S/C30H31ClN6O6/c1-17(2)23(24(39)26-35-36-28(43-26)30(3,4)19-11-13-20(31)14-12-19)34-22(38)16-37-25(18-9-7-6-8-10-18)32-15-21(27(37)40)33-29(41)42-5/h6-15,17,23H,16H2,1-5H3,(H,33,41)(H,34,38)/t23-/m0/s1. The van der Waals surface area contributed by atoms with E-state index in [9.17, 15) is 19.2 Å². The summed E-state index contributed by atoms with van der Waals surface area (Å²) in [6, 6.07) is 14.9. The molecule has 2 N–H and O–H groups in total. The molecule has 2 amide bonds. The number of nitrogens with one attached hydrogen (secondary N) is 2. The summed E-state index contributed by atoms with van der Waals surface area (Å²) in [6.45, 7) is 6.75. The summed E-state index contributed by atoms with van der Waals surface area (Å²) in [6.07, 6.45) is 0.320. The first-order valence-corrected chi connectivity index (χ1v) is 13.7. The highest BCUT2D eigenvalue weighted by Crippen LogP contribution is 2.31. The molecule has 0 fully saturated rings. The summed E-state index contributed by atoms with van der Waals surface area (Å²) in [5.41, 5.74) is -0.177. The molecule has 0 bridgehead atoms. The van der Waals surface area contributed by atoms with Gasteiger partial charge in [0, 0.05) is 10.6 Å². The fraction of sp³-hybridized carbons (Fsp3) is 0.300. The highest BCUT2D eigenvalue weighted by molar-refractivity contribution is 6.30. The number of Topliss-reactive ketones (excluding diaryl/α,β-unsaturated/α-hetero) is 1. The topological polar surface area (TPSA) is 158 Å². The Balaban J connectivity index is 1.59. The zero-order valence-corrected chi connectivity index (χ0v) is 25.0. The van der Waals surface area contributed by atoms with Crippen LogP contribution < -0.4 is 16.2 Å². The van der Waals surface area contributed by atoms with Gasteiger partial charge in [0.25, 0.3) is 11.4 Å². The minimum absolute atomic E-state index is 0.183. The van der Waals surface area contributed by atoms with Crippen LogP contribution in [0.4, 0.5) is 10.5 Å². The molecule has 2 aromatic heterocycles. The van der Waals surface area contributed by atoms with Gasteiger partial charge in [-0.25, -0.2) is 9.78 Å². The zero-order valence-electron chi connectivity index (χ0n) is 24.3. The fourth-order valence-electron chi connectivity index (χ4n) is 4.30. The van der Waals surface area contributed by atoms with Crippen molar-refractivity contribution in [2.75, 3.05) is 12.4 Å². The molecule has 4 rings (SSSR count). The number of hydrogen-bond donors (Lipinski definition) is 2. The van der Waals surface area contributed by atoms with Crippen LogP contribution in [-0.2, 0) is 21.5 Å². The van der Waals surface area contributed by atoms with Crippen LogP contribution in [0.3, 0.4) is 0 Å². The van der Waals surface area contributed by atoms with Gasteiger partial charge in [-0.05, 0) is 37.5 Å². The molecule has 4 aromatic rings. The maximum Gasteiger partial charge on any atom is 0.411 e. The Morgan fingerprint density at radius 3 is 2.35 bits per heavy atom. The molecule has 2 aromatic carbocycles. The van der Waals surface area contributed by atoms with Crippen molar-refractivity contribution < 1.29 is 23.5 Å². The molecular formula is C30H31ClN6O6. The van der Waals surface area contributed by atoms with Crippen molar-refractivity contribution >= 4 is 35.1 Å². The summed E-state index contributed by atoms with van der Waals surface area (Å²) in [7, 11) is 1.15. The molecule has 0 saturated carbocycles. The molecule has 0 saturated heterocycles. The molecular weight excluding hydrogens is 576 g/mol. The summed E-state index contributed by atoms with van der Waals surface area (Å²) < 4.78 is 11.5. The fourth-order valence-corrected chi connectivity index (χ4v) is 4.43. The van der Waals surface area contributed by atoms with Crippen LogP contribution in [-0.4, -0.2) is 50.7 Å². The molecule has 0 radical (unpaired) electrons. The van der Waals surface area contributed by atoms with Gasteiger partial charge in [-0.1, -0.05) is 67.9 Å². The molecule has 1 atom stereocenters. The number of anilines is 1. The van der Waals surface area contributed by atoms with E-state index in [1.165, 1.54) is 6.20 Å². The van der Waals surface area contributed by atoms with Gasteiger partial charge in [0.15, 0.2) is 0 Å². The van der Waals surface area contributed by atoms with Gasteiger partial charge in [-0.2, -0.15) is 0 Å². The van der Waals surface area contributed by atoms with Gasteiger partial charge in [0.05, 0.1) is 24.8 Å². The third kappa shape index (κ3) is 6.97. The molecule has 13 heteroatoms. The van der Waals surface area contributed by atoms with E-state index in [2.05, 4.69) is 30.6 Å². The van der Waals surface area contributed by atoms with Crippen LogP contribution in [0.1, 0.15) is 49.8 Å². The maximum atomic E-state index is 13.5. The van der Waals surface area contributed by atoms with E-state index in [-0.39, 0.29) is 29.2 Å². The number of aromatic nitrogens is 4. The summed E-state index contributed by atoms with van der Waals surface area (Å²) in [5, 5.41) is 13.7. The number of amides is 2. The SMILES string of the molecule is COC(=O)Nc1cnc(-c2ccccc2)n(CC(=O)N[C@H](C(=O)c2nnc(C(C)(C)c3ccc(Cl)cc3)o2)C(C)C)c1=O. The van der Waals surface area contributed by atoms with Crippen molar-refractivity contribution in [3.8, 4) is 11.4 Å². The lowest BCUT2D eigenvalue weighted by Crippen LogP contribution is -2.46. The average Bonchev–Trinajstić information content (AvgIpc) is 3.50. The van der Waals surface area contributed by atoms with E-state index in [1.807, 2.05) is 26.0 Å². The molecule has 0 aliphatic rings. The van der Waals surface area contributed by atoms with Crippen LogP contribution >= 0.6 is 11.6 Å². The summed E-state index contributed by atoms with van der Waals surface area (Å²) >= 11 is 6.02. The Labute approximate surface area is 252 Å². The van der Waals surface area contributed by atoms with Crippen LogP contribution in [0.25, 0.3) is 11.4 Å². The highest BCUT2D eigenvalue weighted by atomic mass is 35.5. The van der Waals surface area contributed by atoms with Crippen LogP contribution in [0.5, 0.6) is 0 Å². The lowest BCUT2D eigenvalue weighted by molar-refractivity contribution is -0.122. The lowest BCUT2D eigenvalue weighted by Gasteiger charge is -2.21. The van der Waals surface area contributed by atoms with Crippen molar-refractivity contribution in [1.29, 1.82) is 0 Å². The van der Waals surface area contributed by atoms with E-state index < -0.39 is 41.3 Å². The number of halogens is 1. The number of ether oxygens (including phenoxy) is 1. The van der Waals surface area contributed by atoms with Gasteiger partial charge in [-0.15, -0.1) is 10.2 Å². The number of hydrogen-bond acceptors (Lipinski definition) is 9. The molecule has 0 aliphatic carbocycles. The Morgan fingerprint density at radius 2 is 1.72 bits per heavy atom. The van der Waals surface area contributed by atoms with Gasteiger partial charge < -0.3 is 14.5 Å². The quantitative estimate of drug-likeness (QED) is 0.248. The normalized spacial score (nSPS) is 12.1. The lowest BCUT2D eigenvalue weighted by atomic mass is 9.84. The van der Waals surface area contributed by atoms with Crippen LogP contribution in [0.2, 0.25) is 5.02 Å². The third-order valence-electron chi connectivity index (χ3n) is 6.80. The molecule has 0 spiro atoms. The largest absolute Gasteiger partial charge is 0.453 e. The maximum absolute atomic E-state index is 13.5. The second-order valence-electron chi connectivity index (χ2n) is 10.6.